The summed E-state index contributed by atoms with van der Waals surface area (Å²) in [6, 6.07) is 11.8. The van der Waals surface area contributed by atoms with Crippen LogP contribution in [0, 0.1) is 6.92 Å². The summed E-state index contributed by atoms with van der Waals surface area (Å²) in [5.41, 5.74) is 3.20. The number of rotatable bonds is 7. The third kappa shape index (κ3) is 3.96. The summed E-state index contributed by atoms with van der Waals surface area (Å²) >= 11 is 0. The van der Waals surface area contributed by atoms with Crippen LogP contribution in [0.4, 0.5) is 0 Å². The van der Waals surface area contributed by atoms with Crippen molar-refractivity contribution < 1.29 is 14.3 Å². The van der Waals surface area contributed by atoms with Gasteiger partial charge in [0.05, 0.1) is 32.5 Å². The molecule has 3 rings (SSSR count). The number of aryl methyl sites for hydroxylation is 2. The van der Waals surface area contributed by atoms with Crippen LogP contribution < -0.4 is 14.8 Å². The smallest absolute Gasteiger partial charge is 0.222 e. The number of fused-ring (bicyclic) bond motifs is 1. The summed E-state index contributed by atoms with van der Waals surface area (Å²) in [5, 5.41) is 8.40. The van der Waals surface area contributed by atoms with Crippen molar-refractivity contribution in [3.05, 3.63) is 53.7 Å². The molecule has 0 radical (unpaired) electrons. The first-order chi connectivity index (χ1) is 12.6. The van der Waals surface area contributed by atoms with E-state index in [4.69, 9.17) is 9.47 Å². The molecule has 0 atom stereocenters. The Kier molecular flexibility index (Phi) is 5.41. The van der Waals surface area contributed by atoms with Crippen LogP contribution in [0.1, 0.15) is 17.5 Å². The predicted octanol–water partition coefficient (Wildman–Crippen LogP) is 3.07. The average molecular weight is 353 g/mol. The number of ether oxygens (including phenoxy) is 2. The molecule has 0 aliphatic carbocycles. The molecule has 0 bridgehead atoms. The summed E-state index contributed by atoms with van der Waals surface area (Å²) < 4.78 is 12.4. The lowest BCUT2D eigenvalue weighted by molar-refractivity contribution is -0.121. The Hall–Kier alpha value is -3.02. The molecule has 1 amide bonds. The van der Waals surface area contributed by atoms with Crippen LogP contribution in [0.5, 0.6) is 11.5 Å². The van der Waals surface area contributed by atoms with Crippen molar-refractivity contribution in [3.63, 3.8) is 0 Å². The third-order valence-electron chi connectivity index (χ3n) is 4.29. The Morgan fingerprint density at radius 3 is 2.69 bits per heavy atom. The summed E-state index contributed by atoms with van der Waals surface area (Å²) in [6.45, 7) is 3.04. The molecule has 3 aromatic rings. The van der Waals surface area contributed by atoms with E-state index < -0.39 is 0 Å². The molecule has 1 N–H and O–H groups in total. The van der Waals surface area contributed by atoms with Gasteiger partial charge in [0.25, 0.3) is 0 Å². The Morgan fingerprint density at radius 1 is 1.12 bits per heavy atom. The van der Waals surface area contributed by atoms with Gasteiger partial charge < -0.3 is 14.8 Å². The molecule has 6 nitrogen and oxygen atoms in total. The summed E-state index contributed by atoms with van der Waals surface area (Å²) in [4.78, 5) is 12.2. The zero-order chi connectivity index (χ0) is 18.5. The SMILES string of the molecule is COc1ccc(CNC(=O)CCn2ncc3cc(C)ccc32)cc1OC. The number of hydrogen-bond donors (Lipinski definition) is 1. The fraction of sp³-hybridized carbons (Fsp3) is 0.300. The van der Waals surface area contributed by atoms with Crippen LogP contribution in [0.15, 0.2) is 42.6 Å². The highest BCUT2D eigenvalue weighted by molar-refractivity contribution is 5.80. The van der Waals surface area contributed by atoms with Crippen LogP contribution in [0.2, 0.25) is 0 Å². The van der Waals surface area contributed by atoms with Gasteiger partial charge in [0.15, 0.2) is 11.5 Å². The van der Waals surface area contributed by atoms with Gasteiger partial charge in [-0.15, -0.1) is 0 Å². The molecule has 0 saturated carbocycles. The molecule has 0 aliphatic rings. The van der Waals surface area contributed by atoms with Gasteiger partial charge in [0.2, 0.25) is 5.91 Å². The topological polar surface area (TPSA) is 65.4 Å². The Labute approximate surface area is 152 Å². The minimum absolute atomic E-state index is 0.0180. The molecule has 26 heavy (non-hydrogen) atoms. The lowest BCUT2D eigenvalue weighted by Gasteiger charge is -2.10. The number of nitrogens with zero attached hydrogens (tertiary/aromatic N) is 2. The molecule has 2 aromatic carbocycles. The molecule has 0 unspecified atom stereocenters. The maximum Gasteiger partial charge on any atom is 0.222 e. The summed E-state index contributed by atoms with van der Waals surface area (Å²) in [5.74, 6) is 1.30. The van der Waals surface area contributed by atoms with Crippen LogP contribution in [0.3, 0.4) is 0 Å². The first-order valence-corrected chi connectivity index (χ1v) is 8.50. The zero-order valence-corrected chi connectivity index (χ0v) is 15.3. The number of carbonyl (C=O) groups is 1. The second-order valence-electron chi connectivity index (χ2n) is 6.15. The van der Waals surface area contributed by atoms with E-state index in [1.165, 1.54) is 5.56 Å². The number of amides is 1. The van der Waals surface area contributed by atoms with E-state index in [-0.39, 0.29) is 5.91 Å². The second-order valence-corrected chi connectivity index (χ2v) is 6.15. The van der Waals surface area contributed by atoms with E-state index >= 15 is 0 Å². The second kappa shape index (κ2) is 7.91. The largest absolute Gasteiger partial charge is 0.493 e. The van der Waals surface area contributed by atoms with Crippen molar-refractivity contribution in [2.75, 3.05) is 14.2 Å². The quantitative estimate of drug-likeness (QED) is 0.709. The molecular weight excluding hydrogens is 330 g/mol. The van der Waals surface area contributed by atoms with Crippen molar-refractivity contribution >= 4 is 16.8 Å². The van der Waals surface area contributed by atoms with Crippen LogP contribution in [0.25, 0.3) is 10.9 Å². The predicted molar refractivity (Wildman–Crippen MR) is 100 cm³/mol. The molecule has 1 aromatic heterocycles. The van der Waals surface area contributed by atoms with Crippen LogP contribution in [-0.2, 0) is 17.9 Å². The highest BCUT2D eigenvalue weighted by Gasteiger charge is 2.08. The van der Waals surface area contributed by atoms with Gasteiger partial charge in [-0.05, 0) is 36.8 Å². The number of carbonyl (C=O) groups excluding carboxylic acids is 1. The fourth-order valence-electron chi connectivity index (χ4n) is 2.87. The van der Waals surface area contributed by atoms with E-state index in [0.29, 0.717) is 31.0 Å². The first kappa shape index (κ1) is 17.8. The molecule has 136 valence electrons. The number of aromatic nitrogens is 2. The van der Waals surface area contributed by atoms with Gasteiger partial charge in [-0.25, -0.2) is 0 Å². The molecule has 0 aliphatic heterocycles. The summed E-state index contributed by atoms with van der Waals surface area (Å²) in [6.07, 6.45) is 2.21. The highest BCUT2D eigenvalue weighted by atomic mass is 16.5. The minimum Gasteiger partial charge on any atom is -0.493 e. The lowest BCUT2D eigenvalue weighted by Crippen LogP contribution is -2.24. The molecule has 0 fully saturated rings. The zero-order valence-electron chi connectivity index (χ0n) is 15.3. The average Bonchev–Trinajstić information content (AvgIpc) is 3.06. The van der Waals surface area contributed by atoms with E-state index in [1.807, 2.05) is 35.1 Å². The minimum atomic E-state index is -0.0180. The maximum atomic E-state index is 12.2. The number of nitrogens with one attached hydrogen (secondary N) is 1. The van der Waals surface area contributed by atoms with Crippen molar-refractivity contribution in [1.29, 1.82) is 0 Å². The molecule has 1 heterocycles. The fourth-order valence-corrected chi connectivity index (χ4v) is 2.87. The number of benzene rings is 2. The Morgan fingerprint density at radius 2 is 1.92 bits per heavy atom. The normalized spacial score (nSPS) is 10.7. The molecule has 6 heteroatoms. The van der Waals surface area contributed by atoms with Gasteiger partial charge in [-0.1, -0.05) is 17.7 Å². The maximum absolute atomic E-state index is 12.2. The van der Waals surface area contributed by atoms with Crippen LogP contribution in [-0.4, -0.2) is 29.9 Å². The monoisotopic (exact) mass is 353 g/mol. The van der Waals surface area contributed by atoms with Gasteiger partial charge in [-0.2, -0.15) is 5.10 Å². The molecule has 0 saturated heterocycles. The number of methoxy groups -OCH3 is 2. The molecular formula is C20H23N3O3. The van der Waals surface area contributed by atoms with Crippen molar-refractivity contribution in [2.24, 2.45) is 0 Å². The van der Waals surface area contributed by atoms with Crippen LogP contribution >= 0.6 is 0 Å². The first-order valence-electron chi connectivity index (χ1n) is 8.50. The third-order valence-corrected chi connectivity index (χ3v) is 4.29. The number of hydrogen-bond acceptors (Lipinski definition) is 4. The lowest BCUT2D eigenvalue weighted by atomic mass is 10.2. The van der Waals surface area contributed by atoms with Gasteiger partial charge in [-0.3, -0.25) is 9.48 Å². The van der Waals surface area contributed by atoms with Gasteiger partial charge in [0.1, 0.15) is 0 Å². The van der Waals surface area contributed by atoms with Gasteiger partial charge >= 0.3 is 0 Å². The van der Waals surface area contributed by atoms with E-state index in [1.54, 1.807) is 14.2 Å². The van der Waals surface area contributed by atoms with Crippen molar-refractivity contribution in [3.8, 4) is 11.5 Å². The standard InChI is InChI=1S/C20H23N3O3/c1-14-4-6-17-16(10-14)13-22-23(17)9-8-20(24)21-12-15-5-7-18(25-2)19(11-15)26-3/h4-7,10-11,13H,8-9,12H2,1-3H3,(H,21,24). The van der Waals surface area contributed by atoms with E-state index in [0.717, 1.165) is 16.5 Å². The van der Waals surface area contributed by atoms with Crippen molar-refractivity contribution in [2.45, 2.75) is 26.4 Å². The van der Waals surface area contributed by atoms with E-state index in [9.17, 15) is 4.79 Å². The van der Waals surface area contributed by atoms with Crippen molar-refractivity contribution in [1.82, 2.24) is 15.1 Å². The Balaban J connectivity index is 1.56. The summed E-state index contributed by atoms with van der Waals surface area (Å²) in [7, 11) is 3.19. The molecule has 0 spiro atoms. The van der Waals surface area contributed by atoms with E-state index in [2.05, 4.69) is 29.5 Å². The highest BCUT2D eigenvalue weighted by Crippen LogP contribution is 2.27. The Bertz CT molecular complexity index is 918. The van der Waals surface area contributed by atoms with Gasteiger partial charge in [0, 0.05) is 18.4 Å².